The molecule has 0 aliphatic rings. The Bertz CT molecular complexity index is 545. The van der Waals surface area contributed by atoms with E-state index < -0.39 is 17.8 Å². The second-order valence-corrected chi connectivity index (χ2v) is 4.90. The number of thiazole rings is 1. The van der Waals surface area contributed by atoms with Crippen molar-refractivity contribution in [2.24, 2.45) is 0 Å². The summed E-state index contributed by atoms with van der Waals surface area (Å²) in [7, 11) is 0. The summed E-state index contributed by atoms with van der Waals surface area (Å²) < 4.78 is 13.0. The van der Waals surface area contributed by atoms with Crippen LogP contribution in [0, 0.1) is 5.82 Å². The van der Waals surface area contributed by atoms with E-state index in [4.69, 9.17) is 0 Å². The molecule has 0 radical (unpaired) electrons. The lowest BCUT2D eigenvalue weighted by atomic mass is 10.1. The van der Waals surface area contributed by atoms with Gasteiger partial charge in [0.2, 0.25) is 0 Å². The van der Waals surface area contributed by atoms with Crippen molar-refractivity contribution in [3.05, 3.63) is 52.2 Å². The van der Waals surface area contributed by atoms with Crippen molar-refractivity contribution in [3.8, 4) is 0 Å². The van der Waals surface area contributed by atoms with Crippen molar-refractivity contribution in [2.75, 3.05) is 6.54 Å². The third-order valence-corrected chi connectivity index (χ3v) is 3.37. The van der Waals surface area contributed by atoms with Crippen LogP contribution in [0.4, 0.5) is 4.39 Å². The predicted molar refractivity (Wildman–Crippen MR) is 70.2 cm³/mol. The molecule has 0 spiro atoms. The Hall–Kier alpha value is -1.79. The maximum Gasteiger partial charge on any atom is 0.253 e. The minimum absolute atomic E-state index is 0.242. The second kappa shape index (κ2) is 6.40. The molecular weight excluding hydrogens is 267 g/mol. The molecule has 1 aromatic heterocycles. The molecule has 0 unspecified atom stereocenters. The highest BCUT2D eigenvalue weighted by molar-refractivity contribution is 7.09. The molecule has 1 amide bonds. The number of nitrogens with zero attached hydrogens (tertiary/aromatic N) is 1. The van der Waals surface area contributed by atoms with E-state index in [0.29, 0.717) is 13.0 Å². The normalized spacial score (nSPS) is 12.1. The molecule has 1 aromatic carbocycles. The van der Waals surface area contributed by atoms with E-state index in [9.17, 15) is 14.3 Å². The molecule has 0 saturated heterocycles. The fourth-order valence-electron chi connectivity index (χ4n) is 1.59. The third kappa shape index (κ3) is 3.84. The zero-order valence-corrected chi connectivity index (χ0v) is 10.9. The smallest absolute Gasteiger partial charge is 0.253 e. The molecule has 2 aromatic rings. The Morgan fingerprint density at radius 3 is 3.05 bits per heavy atom. The van der Waals surface area contributed by atoms with Gasteiger partial charge in [-0.05, 0) is 17.7 Å². The molecule has 19 heavy (non-hydrogen) atoms. The van der Waals surface area contributed by atoms with Crippen molar-refractivity contribution in [3.63, 3.8) is 0 Å². The van der Waals surface area contributed by atoms with Gasteiger partial charge in [0.05, 0.1) is 5.01 Å². The first-order chi connectivity index (χ1) is 9.16. The van der Waals surface area contributed by atoms with E-state index in [1.54, 1.807) is 6.20 Å². The average Bonchev–Trinajstić information content (AvgIpc) is 2.91. The van der Waals surface area contributed by atoms with Crippen LogP contribution in [0.5, 0.6) is 0 Å². The predicted octanol–water partition coefficient (Wildman–Crippen LogP) is 1.67. The summed E-state index contributed by atoms with van der Waals surface area (Å²) in [6.07, 6.45) is 0.954. The molecule has 1 heterocycles. The van der Waals surface area contributed by atoms with Crippen LogP contribution in [-0.4, -0.2) is 22.5 Å². The quantitative estimate of drug-likeness (QED) is 0.876. The number of benzene rings is 1. The van der Waals surface area contributed by atoms with E-state index in [2.05, 4.69) is 10.3 Å². The van der Waals surface area contributed by atoms with Crippen LogP contribution in [0.3, 0.4) is 0 Å². The molecule has 2 rings (SSSR count). The number of halogens is 1. The van der Waals surface area contributed by atoms with Crippen molar-refractivity contribution >= 4 is 17.2 Å². The van der Waals surface area contributed by atoms with Crippen LogP contribution in [0.1, 0.15) is 16.7 Å². The zero-order valence-electron chi connectivity index (χ0n) is 10.0. The lowest BCUT2D eigenvalue weighted by molar-refractivity contribution is -0.129. The number of amides is 1. The van der Waals surface area contributed by atoms with Gasteiger partial charge in [-0.25, -0.2) is 9.37 Å². The molecule has 100 valence electrons. The molecule has 0 fully saturated rings. The summed E-state index contributed by atoms with van der Waals surface area (Å²) in [6.45, 7) is 0.388. The molecule has 6 heteroatoms. The summed E-state index contributed by atoms with van der Waals surface area (Å²) in [5, 5.41) is 15.1. The fraction of sp³-hybridized carbons (Fsp3) is 0.231. The Morgan fingerprint density at radius 1 is 1.53 bits per heavy atom. The Kier molecular flexibility index (Phi) is 4.59. The number of aromatic nitrogens is 1. The third-order valence-electron chi connectivity index (χ3n) is 2.53. The number of aliphatic hydroxyl groups excluding tert-OH is 1. The van der Waals surface area contributed by atoms with Gasteiger partial charge in [-0.15, -0.1) is 11.3 Å². The van der Waals surface area contributed by atoms with E-state index in [0.717, 1.165) is 11.1 Å². The van der Waals surface area contributed by atoms with Gasteiger partial charge in [-0.1, -0.05) is 12.1 Å². The first-order valence-electron chi connectivity index (χ1n) is 5.76. The monoisotopic (exact) mass is 280 g/mol. The molecule has 0 bridgehead atoms. The van der Waals surface area contributed by atoms with Crippen molar-refractivity contribution in [2.45, 2.75) is 12.5 Å². The van der Waals surface area contributed by atoms with Crippen LogP contribution in [0.15, 0.2) is 35.8 Å². The molecule has 2 N–H and O–H groups in total. The summed E-state index contributed by atoms with van der Waals surface area (Å²) in [5.74, 6) is -1.02. The Balaban J connectivity index is 1.85. The standard InChI is InChI=1S/C13H13FN2O2S/c14-10-3-1-2-9(8-10)12(17)13(18)16-5-4-11-15-6-7-19-11/h1-3,6-8,12,17H,4-5H2,(H,16,18)/t12-/m1/s1. The number of hydrogen-bond donors (Lipinski definition) is 2. The van der Waals surface area contributed by atoms with Gasteiger partial charge in [0.25, 0.3) is 5.91 Å². The molecule has 0 aliphatic carbocycles. The minimum atomic E-state index is -1.35. The summed E-state index contributed by atoms with van der Waals surface area (Å²) >= 11 is 1.51. The largest absolute Gasteiger partial charge is 0.378 e. The topological polar surface area (TPSA) is 62.2 Å². The van der Waals surface area contributed by atoms with Gasteiger partial charge in [-0.3, -0.25) is 4.79 Å². The second-order valence-electron chi connectivity index (χ2n) is 3.92. The average molecular weight is 280 g/mol. The summed E-state index contributed by atoms with van der Waals surface area (Å²) in [4.78, 5) is 15.8. The SMILES string of the molecule is O=C(NCCc1nccs1)[C@H](O)c1cccc(F)c1. The van der Waals surface area contributed by atoms with E-state index in [1.165, 1.54) is 29.5 Å². The van der Waals surface area contributed by atoms with E-state index in [1.807, 2.05) is 5.38 Å². The van der Waals surface area contributed by atoms with Crippen LogP contribution >= 0.6 is 11.3 Å². The molecule has 4 nitrogen and oxygen atoms in total. The van der Waals surface area contributed by atoms with Gasteiger partial charge in [0.15, 0.2) is 6.10 Å². The highest BCUT2D eigenvalue weighted by atomic mass is 32.1. The van der Waals surface area contributed by atoms with Gasteiger partial charge in [-0.2, -0.15) is 0 Å². The van der Waals surface area contributed by atoms with Crippen LogP contribution in [-0.2, 0) is 11.2 Å². The molecule has 0 saturated carbocycles. The maximum absolute atomic E-state index is 13.0. The van der Waals surface area contributed by atoms with Crippen LogP contribution in [0.25, 0.3) is 0 Å². The van der Waals surface area contributed by atoms with Gasteiger partial charge in [0.1, 0.15) is 5.82 Å². The zero-order chi connectivity index (χ0) is 13.7. The van der Waals surface area contributed by atoms with Crippen LogP contribution < -0.4 is 5.32 Å². The highest BCUT2D eigenvalue weighted by Gasteiger charge is 2.17. The Morgan fingerprint density at radius 2 is 2.37 bits per heavy atom. The number of carbonyl (C=O) groups is 1. The number of hydrogen-bond acceptors (Lipinski definition) is 4. The number of nitrogens with one attached hydrogen (secondary N) is 1. The summed E-state index contributed by atoms with van der Waals surface area (Å²) in [6, 6.07) is 5.37. The first-order valence-corrected chi connectivity index (χ1v) is 6.64. The van der Waals surface area contributed by atoms with Gasteiger partial charge < -0.3 is 10.4 Å². The van der Waals surface area contributed by atoms with Gasteiger partial charge >= 0.3 is 0 Å². The lowest BCUT2D eigenvalue weighted by Gasteiger charge is -2.11. The summed E-state index contributed by atoms with van der Waals surface area (Å²) in [5.41, 5.74) is 0.242. The van der Waals surface area contributed by atoms with Crippen molar-refractivity contribution in [1.82, 2.24) is 10.3 Å². The number of rotatable bonds is 5. The minimum Gasteiger partial charge on any atom is -0.378 e. The molecule has 0 aliphatic heterocycles. The Labute approximate surface area is 113 Å². The number of carbonyl (C=O) groups excluding carboxylic acids is 1. The van der Waals surface area contributed by atoms with E-state index in [-0.39, 0.29) is 5.56 Å². The van der Waals surface area contributed by atoms with Gasteiger partial charge in [0, 0.05) is 24.5 Å². The van der Waals surface area contributed by atoms with Crippen molar-refractivity contribution in [1.29, 1.82) is 0 Å². The molecule has 1 atom stereocenters. The van der Waals surface area contributed by atoms with Crippen molar-refractivity contribution < 1.29 is 14.3 Å². The fourth-order valence-corrected chi connectivity index (χ4v) is 2.21. The molecular formula is C13H13FN2O2S. The first kappa shape index (κ1) is 13.6. The lowest BCUT2D eigenvalue weighted by Crippen LogP contribution is -2.31. The number of aliphatic hydroxyl groups is 1. The highest BCUT2D eigenvalue weighted by Crippen LogP contribution is 2.14. The maximum atomic E-state index is 13.0. The van der Waals surface area contributed by atoms with Crippen LogP contribution in [0.2, 0.25) is 0 Å². The van der Waals surface area contributed by atoms with E-state index >= 15 is 0 Å².